The van der Waals surface area contributed by atoms with Crippen LogP contribution < -0.4 is 5.32 Å². The first-order valence-corrected chi connectivity index (χ1v) is 2.63. The average Bonchev–Trinajstić information content (AvgIpc) is 2.23. The van der Waals surface area contributed by atoms with Gasteiger partial charge in [-0.1, -0.05) is 0 Å². The molecule has 3 nitrogen and oxygen atoms in total. The maximum Gasteiger partial charge on any atom is 0.167 e. The summed E-state index contributed by atoms with van der Waals surface area (Å²) < 4.78 is 0. The van der Waals surface area contributed by atoms with Crippen LogP contribution in [0.4, 0.5) is 0 Å². The van der Waals surface area contributed by atoms with E-state index in [4.69, 9.17) is 9.78 Å². The minimum Gasteiger partial charge on any atom is -0.254 e. The molecular formula is C5H7NO2. The van der Waals surface area contributed by atoms with Crippen LogP contribution in [-0.2, 0) is 9.78 Å². The van der Waals surface area contributed by atoms with Crippen LogP contribution in [0.5, 0.6) is 0 Å². The number of fused-ring (bicyclic) bond motifs is 2. The summed E-state index contributed by atoms with van der Waals surface area (Å²) in [5.41, 5.74) is 1.21. The second-order valence-electron chi connectivity index (χ2n) is 2.07. The third kappa shape index (κ3) is 0.434. The van der Waals surface area contributed by atoms with Crippen molar-refractivity contribution in [3.8, 4) is 0 Å². The van der Waals surface area contributed by atoms with Crippen molar-refractivity contribution in [2.45, 2.75) is 19.4 Å². The van der Waals surface area contributed by atoms with E-state index in [0.717, 1.165) is 0 Å². The lowest BCUT2D eigenvalue weighted by atomic mass is 10.3. The molecule has 0 spiro atoms. The van der Waals surface area contributed by atoms with Gasteiger partial charge in [-0.15, -0.1) is 0 Å². The van der Waals surface area contributed by atoms with E-state index in [1.807, 2.05) is 13.0 Å². The van der Waals surface area contributed by atoms with E-state index < -0.39 is 0 Å². The fourth-order valence-corrected chi connectivity index (χ4v) is 0.930. The summed E-state index contributed by atoms with van der Waals surface area (Å²) in [5, 5.41) is 3.04. The number of nitrogens with one attached hydrogen (secondary N) is 1. The van der Waals surface area contributed by atoms with Gasteiger partial charge in [-0.2, -0.15) is 0 Å². The second-order valence-corrected chi connectivity index (χ2v) is 2.07. The Kier molecular flexibility index (Phi) is 0.738. The van der Waals surface area contributed by atoms with Crippen molar-refractivity contribution in [2.75, 3.05) is 0 Å². The molecular weight excluding hydrogens is 106 g/mol. The molecule has 2 atom stereocenters. The zero-order chi connectivity index (χ0) is 5.56. The Labute approximate surface area is 47.2 Å². The van der Waals surface area contributed by atoms with Gasteiger partial charge in [0.15, 0.2) is 12.5 Å². The van der Waals surface area contributed by atoms with Gasteiger partial charge < -0.3 is 0 Å². The highest BCUT2D eigenvalue weighted by Crippen LogP contribution is 2.21. The second kappa shape index (κ2) is 1.31. The smallest absolute Gasteiger partial charge is 0.167 e. The van der Waals surface area contributed by atoms with Crippen molar-refractivity contribution in [3.63, 3.8) is 0 Å². The third-order valence-electron chi connectivity index (χ3n) is 1.40. The Balaban J connectivity index is 2.29. The summed E-state index contributed by atoms with van der Waals surface area (Å²) >= 11 is 0. The van der Waals surface area contributed by atoms with Gasteiger partial charge in [0.1, 0.15) is 0 Å². The molecule has 0 radical (unpaired) electrons. The maximum absolute atomic E-state index is 4.78. The minimum atomic E-state index is 0.0139. The van der Waals surface area contributed by atoms with Crippen LogP contribution in [0.3, 0.4) is 0 Å². The van der Waals surface area contributed by atoms with E-state index in [2.05, 4.69) is 5.32 Å². The Morgan fingerprint density at radius 1 is 1.62 bits per heavy atom. The SMILES string of the molecule is CC1=CC2NC1OO2. The minimum absolute atomic E-state index is 0.0139. The zero-order valence-corrected chi connectivity index (χ0v) is 4.55. The standard InChI is InChI=1S/C5H7NO2/c1-3-2-4-6-5(3)8-7-4/h2,4-6H,1H3. The van der Waals surface area contributed by atoms with E-state index in [0.29, 0.717) is 0 Å². The number of hydrogen-bond acceptors (Lipinski definition) is 3. The van der Waals surface area contributed by atoms with Gasteiger partial charge in [0.25, 0.3) is 0 Å². The molecule has 2 aliphatic heterocycles. The lowest BCUT2D eigenvalue weighted by Gasteiger charge is -2.04. The molecule has 0 aromatic carbocycles. The van der Waals surface area contributed by atoms with Crippen molar-refractivity contribution in [2.24, 2.45) is 0 Å². The molecule has 2 unspecified atom stereocenters. The Morgan fingerprint density at radius 2 is 2.50 bits per heavy atom. The fourth-order valence-electron chi connectivity index (χ4n) is 0.930. The number of hydrogen-bond donors (Lipinski definition) is 1. The van der Waals surface area contributed by atoms with Gasteiger partial charge in [-0.05, 0) is 18.6 Å². The highest BCUT2D eigenvalue weighted by molar-refractivity contribution is 5.14. The summed E-state index contributed by atoms with van der Waals surface area (Å²) in [6.45, 7) is 2.01. The average molecular weight is 113 g/mol. The van der Waals surface area contributed by atoms with Gasteiger partial charge in [0.05, 0.1) is 0 Å². The molecule has 2 bridgehead atoms. The van der Waals surface area contributed by atoms with E-state index in [9.17, 15) is 0 Å². The topological polar surface area (TPSA) is 30.5 Å². The highest BCUT2D eigenvalue weighted by Gasteiger charge is 2.32. The largest absolute Gasteiger partial charge is 0.254 e. The first-order chi connectivity index (χ1) is 3.86. The Morgan fingerprint density at radius 3 is 2.75 bits per heavy atom. The van der Waals surface area contributed by atoms with Gasteiger partial charge in [0.2, 0.25) is 0 Å². The van der Waals surface area contributed by atoms with E-state index >= 15 is 0 Å². The van der Waals surface area contributed by atoms with E-state index in [1.165, 1.54) is 5.57 Å². The molecule has 2 aliphatic rings. The molecule has 0 aromatic heterocycles. The monoisotopic (exact) mass is 113 g/mol. The summed E-state index contributed by atoms with van der Waals surface area (Å²) in [7, 11) is 0. The normalized spacial score (nSPS) is 42.9. The lowest BCUT2D eigenvalue weighted by Crippen LogP contribution is -2.21. The molecule has 8 heavy (non-hydrogen) atoms. The van der Waals surface area contributed by atoms with Gasteiger partial charge in [0, 0.05) is 0 Å². The summed E-state index contributed by atoms with van der Waals surface area (Å²) in [5.74, 6) is 0. The van der Waals surface area contributed by atoms with Crippen LogP contribution in [0.15, 0.2) is 11.6 Å². The Bertz CT molecular complexity index is 143. The fraction of sp³-hybridized carbons (Fsp3) is 0.600. The van der Waals surface area contributed by atoms with Gasteiger partial charge in [-0.25, -0.2) is 9.78 Å². The van der Waals surface area contributed by atoms with E-state index in [1.54, 1.807) is 0 Å². The molecule has 0 saturated carbocycles. The summed E-state index contributed by atoms with van der Waals surface area (Å²) in [4.78, 5) is 9.52. The summed E-state index contributed by atoms with van der Waals surface area (Å²) in [6, 6.07) is 0. The molecule has 2 rings (SSSR count). The van der Waals surface area contributed by atoms with Crippen LogP contribution in [-0.4, -0.2) is 12.5 Å². The maximum atomic E-state index is 4.78. The van der Waals surface area contributed by atoms with Crippen LogP contribution >= 0.6 is 0 Å². The first-order valence-electron chi connectivity index (χ1n) is 2.63. The predicted octanol–water partition coefficient (Wildman–Crippen LogP) is 0.150. The van der Waals surface area contributed by atoms with Crippen molar-refractivity contribution >= 4 is 0 Å². The van der Waals surface area contributed by atoms with Crippen molar-refractivity contribution < 1.29 is 9.78 Å². The molecule has 1 fully saturated rings. The van der Waals surface area contributed by atoms with Crippen LogP contribution in [0.1, 0.15) is 6.92 Å². The highest BCUT2D eigenvalue weighted by atomic mass is 17.2. The summed E-state index contributed by atoms with van der Waals surface area (Å²) in [6.07, 6.45) is 2.05. The number of rotatable bonds is 0. The third-order valence-corrected chi connectivity index (χ3v) is 1.40. The zero-order valence-electron chi connectivity index (χ0n) is 4.55. The predicted molar refractivity (Wildman–Crippen MR) is 26.6 cm³/mol. The van der Waals surface area contributed by atoms with Gasteiger partial charge >= 0.3 is 0 Å². The Hall–Kier alpha value is -0.380. The van der Waals surface area contributed by atoms with Crippen molar-refractivity contribution in [1.29, 1.82) is 0 Å². The van der Waals surface area contributed by atoms with E-state index in [-0.39, 0.29) is 12.5 Å². The molecule has 1 N–H and O–H groups in total. The molecule has 1 saturated heterocycles. The molecule has 0 amide bonds. The van der Waals surface area contributed by atoms with Crippen LogP contribution in [0.25, 0.3) is 0 Å². The van der Waals surface area contributed by atoms with Crippen molar-refractivity contribution in [3.05, 3.63) is 11.6 Å². The lowest BCUT2D eigenvalue weighted by molar-refractivity contribution is -0.288. The van der Waals surface area contributed by atoms with Crippen LogP contribution in [0, 0.1) is 0 Å². The van der Waals surface area contributed by atoms with Crippen LogP contribution in [0.2, 0.25) is 0 Å². The molecule has 3 heteroatoms. The molecule has 0 aromatic rings. The quantitative estimate of drug-likeness (QED) is 0.358. The molecule has 0 aliphatic carbocycles. The first kappa shape index (κ1) is 4.49. The van der Waals surface area contributed by atoms with Gasteiger partial charge in [-0.3, -0.25) is 5.32 Å². The molecule has 2 heterocycles. The molecule has 44 valence electrons. The van der Waals surface area contributed by atoms with Crippen molar-refractivity contribution in [1.82, 2.24) is 5.32 Å².